The quantitative estimate of drug-likeness (QED) is 0.905. The molecule has 2 aliphatic rings. The van der Waals surface area contributed by atoms with Crippen molar-refractivity contribution in [1.82, 2.24) is 15.1 Å². The zero-order valence-corrected chi connectivity index (χ0v) is 14.4. The monoisotopic (exact) mass is 339 g/mol. The van der Waals surface area contributed by atoms with Crippen molar-refractivity contribution in [3.05, 3.63) is 23.7 Å². The minimum Gasteiger partial charge on any atom is -0.465 e. The molecule has 0 saturated carbocycles. The van der Waals surface area contributed by atoms with E-state index in [9.17, 15) is 4.79 Å². The van der Waals surface area contributed by atoms with E-state index in [1.54, 1.807) is 0 Å². The zero-order valence-electron chi connectivity index (χ0n) is 13.6. The van der Waals surface area contributed by atoms with Gasteiger partial charge in [0.05, 0.1) is 19.3 Å². The lowest BCUT2D eigenvalue weighted by Crippen LogP contribution is -2.48. The molecule has 0 aromatic carbocycles. The second-order valence-corrected chi connectivity index (χ2v) is 7.12. The molecule has 0 radical (unpaired) electrons. The topological polar surface area (TPSA) is 58.0 Å². The molecule has 3 rings (SSSR count). The van der Waals surface area contributed by atoms with Crippen molar-refractivity contribution in [2.45, 2.75) is 13.0 Å². The van der Waals surface area contributed by atoms with Gasteiger partial charge in [-0.2, -0.15) is 11.8 Å². The molecule has 23 heavy (non-hydrogen) atoms. The number of urea groups is 1. The summed E-state index contributed by atoms with van der Waals surface area (Å²) in [6.45, 7) is 7.36. The van der Waals surface area contributed by atoms with Crippen molar-refractivity contribution in [3.8, 4) is 0 Å². The summed E-state index contributed by atoms with van der Waals surface area (Å²) in [6, 6.07) is 4.09. The fourth-order valence-corrected chi connectivity index (χ4v) is 3.90. The highest BCUT2D eigenvalue weighted by atomic mass is 32.2. The fourth-order valence-electron chi connectivity index (χ4n) is 2.99. The number of nitrogens with zero attached hydrogens (tertiary/aromatic N) is 2. The fraction of sp³-hybridized carbons (Fsp3) is 0.688. The number of hydrogen-bond acceptors (Lipinski definition) is 5. The first kappa shape index (κ1) is 16.7. The van der Waals surface area contributed by atoms with Gasteiger partial charge in [0.15, 0.2) is 0 Å². The highest BCUT2D eigenvalue weighted by Crippen LogP contribution is 2.23. The van der Waals surface area contributed by atoms with E-state index in [4.69, 9.17) is 9.15 Å². The molecule has 3 heterocycles. The van der Waals surface area contributed by atoms with Gasteiger partial charge in [0.1, 0.15) is 11.5 Å². The Hall–Kier alpha value is -1.18. The van der Waals surface area contributed by atoms with Crippen molar-refractivity contribution in [2.24, 2.45) is 0 Å². The largest absolute Gasteiger partial charge is 0.465 e. The molecule has 1 aromatic heterocycles. The predicted octanol–water partition coefficient (Wildman–Crippen LogP) is 1.72. The molecule has 1 N–H and O–H groups in total. The van der Waals surface area contributed by atoms with Crippen LogP contribution in [-0.4, -0.2) is 73.3 Å². The number of morpholine rings is 1. The molecule has 2 aliphatic heterocycles. The van der Waals surface area contributed by atoms with Gasteiger partial charge in [0.2, 0.25) is 0 Å². The van der Waals surface area contributed by atoms with Crippen molar-refractivity contribution >= 4 is 17.8 Å². The average Bonchev–Trinajstić information content (AvgIpc) is 3.03. The molecule has 2 saturated heterocycles. The SMILES string of the molecule is Cc1ccc(C(CNC(=O)N2CCSCC2)N2CCOCC2)o1. The van der Waals surface area contributed by atoms with E-state index >= 15 is 0 Å². The Morgan fingerprint density at radius 1 is 1.26 bits per heavy atom. The van der Waals surface area contributed by atoms with Gasteiger partial charge >= 0.3 is 6.03 Å². The van der Waals surface area contributed by atoms with E-state index in [0.717, 1.165) is 62.4 Å². The molecule has 2 fully saturated rings. The summed E-state index contributed by atoms with van der Waals surface area (Å²) in [5.74, 6) is 3.87. The highest BCUT2D eigenvalue weighted by Gasteiger charge is 2.26. The molecular formula is C16H25N3O3S. The molecule has 128 valence electrons. The van der Waals surface area contributed by atoms with Crippen LogP contribution in [0.1, 0.15) is 17.6 Å². The smallest absolute Gasteiger partial charge is 0.317 e. The first-order valence-electron chi connectivity index (χ1n) is 8.22. The van der Waals surface area contributed by atoms with Crippen LogP contribution in [0.4, 0.5) is 4.79 Å². The van der Waals surface area contributed by atoms with Crippen molar-refractivity contribution in [3.63, 3.8) is 0 Å². The van der Waals surface area contributed by atoms with Crippen LogP contribution >= 0.6 is 11.8 Å². The van der Waals surface area contributed by atoms with Gasteiger partial charge in [0.25, 0.3) is 0 Å². The molecule has 1 unspecified atom stereocenters. The van der Waals surface area contributed by atoms with Crippen LogP contribution in [0.3, 0.4) is 0 Å². The lowest BCUT2D eigenvalue weighted by molar-refractivity contribution is 0.0119. The second kappa shape index (κ2) is 8.08. The number of rotatable bonds is 4. The Balaban J connectivity index is 1.62. The number of furan rings is 1. The third-order valence-electron chi connectivity index (χ3n) is 4.32. The molecule has 0 aliphatic carbocycles. The molecule has 6 nitrogen and oxygen atoms in total. The van der Waals surface area contributed by atoms with Crippen LogP contribution in [0.25, 0.3) is 0 Å². The standard InChI is InChI=1S/C16H25N3O3S/c1-13-2-3-15(22-13)14(18-4-8-21-9-5-18)12-17-16(20)19-6-10-23-11-7-19/h2-3,14H,4-12H2,1H3,(H,17,20). The van der Waals surface area contributed by atoms with Crippen LogP contribution in [0, 0.1) is 6.92 Å². The van der Waals surface area contributed by atoms with E-state index in [2.05, 4.69) is 10.2 Å². The van der Waals surface area contributed by atoms with Crippen LogP contribution in [0.15, 0.2) is 16.5 Å². The first-order valence-corrected chi connectivity index (χ1v) is 9.38. The molecule has 7 heteroatoms. The van der Waals surface area contributed by atoms with Crippen molar-refractivity contribution in [2.75, 3.05) is 57.4 Å². The van der Waals surface area contributed by atoms with Gasteiger partial charge in [-0.3, -0.25) is 4.90 Å². The summed E-state index contributed by atoms with van der Waals surface area (Å²) in [7, 11) is 0. The van der Waals surface area contributed by atoms with Crippen LogP contribution in [0.2, 0.25) is 0 Å². The van der Waals surface area contributed by atoms with Gasteiger partial charge in [-0.05, 0) is 19.1 Å². The number of amides is 2. The summed E-state index contributed by atoms with van der Waals surface area (Å²) in [6.07, 6.45) is 0. The van der Waals surface area contributed by atoms with Crippen LogP contribution in [-0.2, 0) is 4.74 Å². The minimum absolute atomic E-state index is 0.0341. The third kappa shape index (κ3) is 4.43. The lowest BCUT2D eigenvalue weighted by Gasteiger charge is -2.34. The Bertz CT molecular complexity index is 510. The number of aryl methyl sites for hydroxylation is 1. The Labute approximate surface area is 141 Å². The summed E-state index contributed by atoms with van der Waals surface area (Å²) in [4.78, 5) is 16.6. The number of hydrogen-bond donors (Lipinski definition) is 1. The molecule has 1 aromatic rings. The van der Waals surface area contributed by atoms with Gasteiger partial charge in [-0.15, -0.1) is 0 Å². The summed E-state index contributed by atoms with van der Waals surface area (Å²) in [5.41, 5.74) is 0. The number of carbonyl (C=O) groups excluding carboxylic acids is 1. The maximum Gasteiger partial charge on any atom is 0.317 e. The molecular weight excluding hydrogens is 314 g/mol. The van der Waals surface area contributed by atoms with Crippen molar-refractivity contribution < 1.29 is 13.9 Å². The normalized spacial score (nSPS) is 21.2. The molecule has 1 atom stereocenters. The molecule has 0 spiro atoms. The summed E-state index contributed by atoms with van der Waals surface area (Å²) in [5, 5.41) is 3.09. The molecule has 2 amide bonds. The Kier molecular flexibility index (Phi) is 5.85. The van der Waals surface area contributed by atoms with Crippen LogP contribution < -0.4 is 5.32 Å². The maximum absolute atomic E-state index is 12.4. The third-order valence-corrected chi connectivity index (χ3v) is 5.26. The van der Waals surface area contributed by atoms with Crippen LogP contribution in [0.5, 0.6) is 0 Å². The maximum atomic E-state index is 12.4. The first-order chi connectivity index (χ1) is 11.2. The predicted molar refractivity (Wildman–Crippen MR) is 90.9 cm³/mol. The summed E-state index contributed by atoms with van der Waals surface area (Å²) < 4.78 is 11.3. The lowest BCUT2D eigenvalue weighted by atomic mass is 10.1. The zero-order chi connectivity index (χ0) is 16.1. The number of nitrogens with one attached hydrogen (secondary N) is 1. The Morgan fingerprint density at radius 2 is 2.00 bits per heavy atom. The van der Waals surface area contributed by atoms with Crippen molar-refractivity contribution in [1.29, 1.82) is 0 Å². The second-order valence-electron chi connectivity index (χ2n) is 5.90. The van der Waals surface area contributed by atoms with Gasteiger partial charge in [-0.1, -0.05) is 0 Å². The minimum atomic E-state index is 0.0341. The van der Waals surface area contributed by atoms with E-state index in [1.165, 1.54) is 0 Å². The van der Waals surface area contributed by atoms with Gasteiger partial charge < -0.3 is 19.4 Å². The number of ether oxygens (including phenoxy) is 1. The van der Waals surface area contributed by atoms with E-state index in [-0.39, 0.29) is 12.1 Å². The van der Waals surface area contributed by atoms with E-state index in [0.29, 0.717) is 6.54 Å². The number of thioether (sulfide) groups is 1. The van der Waals surface area contributed by atoms with Gasteiger partial charge in [0, 0.05) is 44.2 Å². The highest BCUT2D eigenvalue weighted by molar-refractivity contribution is 7.99. The molecule has 0 bridgehead atoms. The summed E-state index contributed by atoms with van der Waals surface area (Å²) >= 11 is 1.90. The average molecular weight is 339 g/mol. The van der Waals surface area contributed by atoms with E-state index in [1.807, 2.05) is 35.7 Å². The van der Waals surface area contributed by atoms with E-state index < -0.39 is 0 Å². The number of carbonyl (C=O) groups is 1. The Morgan fingerprint density at radius 3 is 2.65 bits per heavy atom. The van der Waals surface area contributed by atoms with Gasteiger partial charge in [-0.25, -0.2) is 4.79 Å².